The molecule has 0 amide bonds. The second-order valence-electron chi connectivity index (χ2n) is 5.33. The first-order chi connectivity index (χ1) is 9.06. The lowest BCUT2D eigenvalue weighted by atomic mass is 10.1. The van der Waals surface area contributed by atoms with Gasteiger partial charge in [-0.3, -0.25) is 10.1 Å². The van der Waals surface area contributed by atoms with Crippen molar-refractivity contribution in [1.29, 1.82) is 0 Å². The Hall–Kier alpha value is -1.62. The van der Waals surface area contributed by atoms with Crippen LogP contribution in [0.5, 0.6) is 0 Å². The van der Waals surface area contributed by atoms with Crippen molar-refractivity contribution in [1.82, 2.24) is 4.90 Å². The molecule has 0 spiro atoms. The molecule has 2 rings (SSSR count). The molecule has 5 heteroatoms. The smallest absolute Gasteiger partial charge is 0.272 e. The number of hydrogen-bond acceptors (Lipinski definition) is 4. The van der Waals surface area contributed by atoms with Crippen molar-refractivity contribution in [2.45, 2.75) is 32.2 Å². The average Bonchev–Trinajstić information content (AvgIpc) is 2.54. The molecule has 1 aliphatic rings. The SMILES string of the molecule is Cc1cc(NC2CCCN(C)CC2)ccc1[N+](=O)[O-]. The van der Waals surface area contributed by atoms with Gasteiger partial charge < -0.3 is 10.2 Å². The third kappa shape index (κ3) is 3.67. The van der Waals surface area contributed by atoms with Crippen LogP contribution in [0.2, 0.25) is 0 Å². The monoisotopic (exact) mass is 263 g/mol. The topological polar surface area (TPSA) is 58.4 Å². The second kappa shape index (κ2) is 6.02. The van der Waals surface area contributed by atoms with Crippen molar-refractivity contribution in [2.75, 3.05) is 25.5 Å². The van der Waals surface area contributed by atoms with Crippen molar-refractivity contribution in [3.8, 4) is 0 Å². The first-order valence-corrected chi connectivity index (χ1v) is 6.76. The molecule has 1 aliphatic heterocycles. The standard InChI is InChI=1S/C14H21N3O2/c1-11-10-13(5-6-14(11)17(18)19)15-12-4-3-8-16(2)9-7-12/h5-6,10,12,15H,3-4,7-9H2,1-2H3. The van der Waals surface area contributed by atoms with Gasteiger partial charge in [0.05, 0.1) is 4.92 Å². The molecule has 1 atom stereocenters. The molecule has 0 aromatic heterocycles. The molecule has 0 radical (unpaired) electrons. The van der Waals surface area contributed by atoms with Gasteiger partial charge in [-0.15, -0.1) is 0 Å². The van der Waals surface area contributed by atoms with Crippen LogP contribution in [0.3, 0.4) is 0 Å². The molecular formula is C14H21N3O2. The van der Waals surface area contributed by atoms with E-state index in [4.69, 9.17) is 0 Å². The minimum Gasteiger partial charge on any atom is -0.382 e. The Labute approximate surface area is 113 Å². The maximum atomic E-state index is 10.8. The molecule has 1 N–H and O–H groups in total. The molecule has 1 saturated heterocycles. The molecule has 0 bridgehead atoms. The molecule has 5 nitrogen and oxygen atoms in total. The van der Waals surface area contributed by atoms with Gasteiger partial charge in [0, 0.05) is 23.4 Å². The van der Waals surface area contributed by atoms with E-state index in [1.54, 1.807) is 19.1 Å². The molecule has 0 aliphatic carbocycles. The molecular weight excluding hydrogens is 242 g/mol. The first-order valence-electron chi connectivity index (χ1n) is 6.76. The number of anilines is 1. The van der Waals surface area contributed by atoms with E-state index in [2.05, 4.69) is 17.3 Å². The fourth-order valence-electron chi connectivity index (χ4n) is 2.57. The van der Waals surface area contributed by atoms with Crippen molar-refractivity contribution in [2.24, 2.45) is 0 Å². The zero-order valence-corrected chi connectivity index (χ0v) is 11.6. The van der Waals surface area contributed by atoms with E-state index in [1.165, 1.54) is 6.42 Å². The molecule has 1 heterocycles. The summed E-state index contributed by atoms with van der Waals surface area (Å²) in [4.78, 5) is 12.8. The Morgan fingerprint density at radius 1 is 1.37 bits per heavy atom. The van der Waals surface area contributed by atoms with Gasteiger partial charge in [-0.2, -0.15) is 0 Å². The Morgan fingerprint density at radius 3 is 2.84 bits per heavy atom. The quantitative estimate of drug-likeness (QED) is 0.673. The Balaban J connectivity index is 2.03. The van der Waals surface area contributed by atoms with Gasteiger partial charge in [0.2, 0.25) is 0 Å². The summed E-state index contributed by atoms with van der Waals surface area (Å²) in [6, 6.07) is 5.72. The Kier molecular flexibility index (Phi) is 4.37. The van der Waals surface area contributed by atoms with Crippen LogP contribution in [0, 0.1) is 17.0 Å². The highest BCUT2D eigenvalue weighted by Crippen LogP contribution is 2.23. The number of benzene rings is 1. The number of nitro benzene ring substituents is 1. The van der Waals surface area contributed by atoms with E-state index in [-0.39, 0.29) is 10.6 Å². The summed E-state index contributed by atoms with van der Waals surface area (Å²) in [6.07, 6.45) is 3.47. The minimum absolute atomic E-state index is 0.186. The van der Waals surface area contributed by atoms with E-state index in [1.807, 2.05) is 6.07 Å². The number of hydrogen-bond donors (Lipinski definition) is 1. The lowest BCUT2D eigenvalue weighted by molar-refractivity contribution is -0.385. The fraction of sp³-hybridized carbons (Fsp3) is 0.571. The van der Waals surface area contributed by atoms with Gasteiger partial charge in [0.25, 0.3) is 5.69 Å². The summed E-state index contributed by atoms with van der Waals surface area (Å²) in [5.41, 5.74) is 1.88. The molecule has 1 aromatic carbocycles. The lowest BCUT2D eigenvalue weighted by Gasteiger charge is -2.18. The number of likely N-dealkylation sites (tertiary alicyclic amines) is 1. The molecule has 0 saturated carbocycles. The zero-order valence-electron chi connectivity index (χ0n) is 11.6. The van der Waals surface area contributed by atoms with Crippen molar-refractivity contribution < 1.29 is 4.92 Å². The van der Waals surface area contributed by atoms with Crippen molar-refractivity contribution in [3.63, 3.8) is 0 Å². The summed E-state index contributed by atoms with van der Waals surface area (Å²) in [6.45, 7) is 4.03. The van der Waals surface area contributed by atoms with Crippen molar-refractivity contribution in [3.05, 3.63) is 33.9 Å². The number of rotatable bonds is 3. The lowest BCUT2D eigenvalue weighted by Crippen LogP contribution is -2.23. The highest BCUT2D eigenvalue weighted by molar-refractivity contribution is 5.54. The Bertz CT molecular complexity index is 462. The highest BCUT2D eigenvalue weighted by Gasteiger charge is 2.16. The number of nitrogens with one attached hydrogen (secondary N) is 1. The van der Waals surface area contributed by atoms with Crippen LogP contribution in [0.25, 0.3) is 0 Å². The van der Waals surface area contributed by atoms with Crippen LogP contribution in [-0.2, 0) is 0 Å². The third-order valence-corrected chi connectivity index (χ3v) is 3.72. The molecule has 19 heavy (non-hydrogen) atoms. The third-order valence-electron chi connectivity index (χ3n) is 3.72. The van der Waals surface area contributed by atoms with Gasteiger partial charge in [-0.1, -0.05) is 0 Å². The fourth-order valence-corrected chi connectivity index (χ4v) is 2.57. The molecule has 1 aromatic rings. The summed E-state index contributed by atoms with van der Waals surface area (Å²) in [5, 5.41) is 14.3. The summed E-state index contributed by atoms with van der Waals surface area (Å²) < 4.78 is 0. The molecule has 1 unspecified atom stereocenters. The molecule has 104 valence electrons. The highest BCUT2D eigenvalue weighted by atomic mass is 16.6. The zero-order chi connectivity index (χ0) is 13.8. The van der Waals surface area contributed by atoms with Gasteiger partial charge in [0.15, 0.2) is 0 Å². The maximum absolute atomic E-state index is 10.8. The van der Waals surface area contributed by atoms with E-state index < -0.39 is 0 Å². The predicted molar refractivity (Wildman–Crippen MR) is 76.6 cm³/mol. The van der Waals surface area contributed by atoms with Crippen LogP contribution in [0.4, 0.5) is 11.4 Å². The van der Waals surface area contributed by atoms with Crippen LogP contribution < -0.4 is 5.32 Å². The first kappa shape index (κ1) is 13.8. The van der Waals surface area contributed by atoms with Gasteiger partial charge in [-0.05, 0) is 58.5 Å². The van der Waals surface area contributed by atoms with E-state index in [0.29, 0.717) is 11.6 Å². The van der Waals surface area contributed by atoms with Crippen LogP contribution in [-0.4, -0.2) is 36.0 Å². The van der Waals surface area contributed by atoms with Crippen LogP contribution >= 0.6 is 0 Å². The van der Waals surface area contributed by atoms with E-state index >= 15 is 0 Å². The number of aryl methyl sites for hydroxylation is 1. The van der Waals surface area contributed by atoms with Crippen molar-refractivity contribution >= 4 is 11.4 Å². The van der Waals surface area contributed by atoms with Gasteiger partial charge >= 0.3 is 0 Å². The van der Waals surface area contributed by atoms with Gasteiger partial charge in [-0.25, -0.2) is 0 Å². The summed E-state index contributed by atoms with van der Waals surface area (Å²) in [5.74, 6) is 0. The van der Waals surface area contributed by atoms with Gasteiger partial charge in [0.1, 0.15) is 0 Å². The number of nitro groups is 1. The van der Waals surface area contributed by atoms with Crippen LogP contribution in [0.15, 0.2) is 18.2 Å². The maximum Gasteiger partial charge on any atom is 0.272 e. The second-order valence-corrected chi connectivity index (χ2v) is 5.33. The van der Waals surface area contributed by atoms with E-state index in [9.17, 15) is 10.1 Å². The largest absolute Gasteiger partial charge is 0.382 e. The van der Waals surface area contributed by atoms with Crippen LogP contribution in [0.1, 0.15) is 24.8 Å². The Morgan fingerprint density at radius 2 is 2.16 bits per heavy atom. The number of nitrogens with zero attached hydrogens (tertiary/aromatic N) is 2. The predicted octanol–water partition coefficient (Wildman–Crippen LogP) is 2.80. The summed E-state index contributed by atoms with van der Waals surface area (Å²) >= 11 is 0. The minimum atomic E-state index is -0.334. The van der Waals surface area contributed by atoms with E-state index in [0.717, 1.165) is 31.6 Å². The normalized spacial score (nSPS) is 20.8. The molecule has 1 fully saturated rings. The average molecular weight is 263 g/mol. The summed E-state index contributed by atoms with van der Waals surface area (Å²) in [7, 11) is 2.15.